The highest BCUT2D eigenvalue weighted by Crippen LogP contribution is 2.06. The minimum Gasteiger partial charge on any atom is -0.372 e. The molecule has 0 aliphatic rings. The smallest absolute Gasteiger partial charge is 0.0721 e. The number of nitrogens with two attached hydrogens (primary N) is 1. The maximum atomic E-state index is 5.86. The molecule has 0 fully saturated rings. The Kier molecular flexibility index (Phi) is 4.63. The quantitative estimate of drug-likeness (QED) is 0.779. The largest absolute Gasteiger partial charge is 0.372 e. The molecular formula is C12H19NO. The third-order valence-electron chi connectivity index (χ3n) is 2.43. The summed E-state index contributed by atoms with van der Waals surface area (Å²) in [6.07, 6.45) is 1.08. The molecule has 1 rings (SSSR count). The number of benzene rings is 1. The third kappa shape index (κ3) is 3.48. The van der Waals surface area contributed by atoms with E-state index in [1.165, 1.54) is 5.56 Å². The van der Waals surface area contributed by atoms with E-state index in [1.807, 2.05) is 25.1 Å². The van der Waals surface area contributed by atoms with Crippen LogP contribution in [-0.4, -0.2) is 12.1 Å². The number of rotatable bonds is 5. The first-order valence-electron chi connectivity index (χ1n) is 5.15. The molecule has 0 aliphatic carbocycles. The molecule has 14 heavy (non-hydrogen) atoms. The summed E-state index contributed by atoms with van der Waals surface area (Å²) in [4.78, 5) is 0. The van der Waals surface area contributed by atoms with Crippen molar-refractivity contribution in [1.82, 2.24) is 0 Å². The lowest BCUT2D eigenvalue weighted by Crippen LogP contribution is -2.33. The van der Waals surface area contributed by atoms with E-state index in [9.17, 15) is 0 Å². The van der Waals surface area contributed by atoms with Gasteiger partial charge in [-0.3, -0.25) is 0 Å². The van der Waals surface area contributed by atoms with Crippen LogP contribution in [0.15, 0.2) is 30.3 Å². The Morgan fingerprint density at radius 1 is 1.29 bits per heavy atom. The van der Waals surface area contributed by atoms with Crippen LogP contribution in [0.5, 0.6) is 0 Å². The lowest BCUT2D eigenvalue weighted by atomic mass is 10.1. The predicted molar refractivity (Wildman–Crippen MR) is 59.0 cm³/mol. The molecule has 0 unspecified atom stereocenters. The molecular weight excluding hydrogens is 174 g/mol. The lowest BCUT2D eigenvalue weighted by Gasteiger charge is -2.18. The van der Waals surface area contributed by atoms with Crippen molar-refractivity contribution in [3.8, 4) is 0 Å². The molecule has 0 aromatic heterocycles. The van der Waals surface area contributed by atoms with Gasteiger partial charge in [-0.05, 0) is 18.9 Å². The van der Waals surface area contributed by atoms with Crippen molar-refractivity contribution in [3.63, 3.8) is 0 Å². The number of hydrogen-bond donors (Lipinski definition) is 1. The van der Waals surface area contributed by atoms with Crippen molar-refractivity contribution in [2.75, 3.05) is 0 Å². The van der Waals surface area contributed by atoms with Crippen LogP contribution in [0.3, 0.4) is 0 Å². The Bertz CT molecular complexity index is 248. The van der Waals surface area contributed by atoms with E-state index in [-0.39, 0.29) is 12.1 Å². The molecule has 2 heteroatoms. The summed E-state index contributed by atoms with van der Waals surface area (Å²) in [5.74, 6) is 0. The Balaban J connectivity index is 2.34. The summed E-state index contributed by atoms with van der Waals surface area (Å²) in [7, 11) is 0. The minimum absolute atomic E-state index is 0.125. The van der Waals surface area contributed by atoms with Gasteiger partial charge in [0.2, 0.25) is 0 Å². The fourth-order valence-corrected chi connectivity index (χ4v) is 1.26. The van der Waals surface area contributed by atoms with Crippen LogP contribution in [0, 0.1) is 0 Å². The second-order valence-corrected chi connectivity index (χ2v) is 3.57. The van der Waals surface area contributed by atoms with E-state index in [0.717, 1.165) is 6.42 Å². The molecule has 0 radical (unpaired) electrons. The normalized spacial score (nSPS) is 15.1. The number of ether oxygens (including phenoxy) is 1. The maximum absolute atomic E-state index is 5.86. The first-order valence-corrected chi connectivity index (χ1v) is 5.15. The van der Waals surface area contributed by atoms with E-state index in [2.05, 4.69) is 19.1 Å². The minimum atomic E-state index is 0.125. The van der Waals surface area contributed by atoms with Gasteiger partial charge in [0.15, 0.2) is 0 Å². The lowest BCUT2D eigenvalue weighted by molar-refractivity contribution is 0.0353. The summed E-state index contributed by atoms with van der Waals surface area (Å²) >= 11 is 0. The molecule has 0 bridgehead atoms. The van der Waals surface area contributed by atoms with Crippen LogP contribution in [0.1, 0.15) is 25.8 Å². The van der Waals surface area contributed by atoms with Crippen molar-refractivity contribution in [3.05, 3.63) is 35.9 Å². The van der Waals surface area contributed by atoms with Crippen LogP contribution in [0.4, 0.5) is 0 Å². The van der Waals surface area contributed by atoms with Gasteiger partial charge in [-0.25, -0.2) is 0 Å². The summed E-state index contributed by atoms with van der Waals surface area (Å²) in [5.41, 5.74) is 7.05. The monoisotopic (exact) mass is 193 g/mol. The van der Waals surface area contributed by atoms with Crippen molar-refractivity contribution >= 4 is 0 Å². The second-order valence-electron chi connectivity index (χ2n) is 3.57. The highest BCUT2D eigenvalue weighted by Gasteiger charge is 2.10. The van der Waals surface area contributed by atoms with Crippen molar-refractivity contribution < 1.29 is 4.74 Å². The van der Waals surface area contributed by atoms with E-state index < -0.39 is 0 Å². The van der Waals surface area contributed by atoms with Gasteiger partial charge in [-0.15, -0.1) is 0 Å². The summed E-state index contributed by atoms with van der Waals surface area (Å²) in [5, 5.41) is 0. The first kappa shape index (κ1) is 11.2. The molecule has 0 aliphatic heterocycles. The fraction of sp³-hybridized carbons (Fsp3) is 0.500. The molecule has 0 heterocycles. The van der Waals surface area contributed by atoms with Gasteiger partial charge in [0.05, 0.1) is 12.7 Å². The molecule has 0 saturated heterocycles. The van der Waals surface area contributed by atoms with Gasteiger partial charge >= 0.3 is 0 Å². The molecule has 2 N–H and O–H groups in total. The highest BCUT2D eigenvalue weighted by molar-refractivity contribution is 5.13. The van der Waals surface area contributed by atoms with Crippen molar-refractivity contribution in [2.45, 2.75) is 39.0 Å². The molecule has 0 amide bonds. The number of hydrogen-bond acceptors (Lipinski definition) is 2. The summed E-state index contributed by atoms with van der Waals surface area (Å²) in [6.45, 7) is 4.75. The van der Waals surface area contributed by atoms with Gasteiger partial charge in [-0.1, -0.05) is 37.3 Å². The zero-order valence-electron chi connectivity index (χ0n) is 8.94. The van der Waals surface area contributed by atoms with Crippen molar-refractivity contribution in [2.24, 2.45) is 5.73 Å². The Morgan fingerprint density at radius 2 is 1.93 bits per heavy atom. The van der Waals surface area contributed by atoms with Gasteiger partial charge in [0.1, 0.15) is 0 Å². The van der Waals surface area contributed by atoms with Gasteiger partial charge in [0.25, 0.3) is 0 Å². The van der Waals surface area contributed by atoms with Crippen LogP contribution in [0.25, 0.3) is 0 Å². The van der Waals surface area contributed by atoms with E-state index in [1.54, 1.807) is 0 Å². The topological polar surface area (TPSA) is 35.2 Å². The standard InChI is InChI=1S/C12H19NO/c1-3-12(13)10(2)14-9-11-7-5-4-6-8-11/h4-8,10,12H,3,9,13H2,1-2H3/t10-,12-/m1/s1. The van der Waals surface area contributed by atoms with Gasteiger partial charge in [-0.2, -0.15) is 0 Å². The van der Waals surface area contributed by atoms with Crippen LogP contribution < -0.4 is 5.73 Å². The summed E-state index contributed by atoms with van der Waals surface area (Å²) in [6, 6.07) is 10.3. The van der Waals surface area contributed by atoms with E-state index in [0.29, 0.717) is 6.61 Å². The molecule has 1 aromatic rings. The molecule has 0 spiro atoms. The highest BCUT2D eigenvalue weighted by atomic mass is 16.5. The Morgan fingerprint density at radius 3 is 2.50 bits per heavy atom. The van der Waals surface area contributed by atoms with E-state index >= 15 is 0 Å². The van der Waals surface area contributed by atoms with Crippen LogP contribution in [-0.2, 0) is 11.3 Å². The molecule has 2 atom stereocenters. The van der Waals surface area contributed by atoms with Crippen LogP contribution >= 0.6 is 0 Å². The fourth-order valence-electron chi connectivity index (χ4n) is 1.26. The van der Waals surface area contributed by atoms with Gasteiger partial charge < -0.3 is 10.5 Å². The van der Waals surface area contributed by atoms with Crippen molar-refractivity contribution in [1.29, 1.82) is 0 Å². The Labute approximate surface area is 86.1 Å². The molecule has 0 saturated carbocycles. The average molecular weight is 193 g/mol. The second kappa shape index (κ2) is 5.78. The van der Waals surface area contributed by atoms with Gasteiger partial charge in [0, 0.05) is 6.04 Å². The average Bonchev–Trinajstić information content (AvgIpc) is 2.26. The Hall–Kier alpha value is -0.860. The van der Waals surface area contributed by atoms with E-state index in [4.69, 9.17) is 10.5 Å². The molecule has 78 valence electrons. The first-order chi connectivity index (χ1) is 6.74. The molecule has 2 nitrogen and oxygen atoms in total. The summed E-state index contributed by atoms with van der Waals surface area (Å²) < 4.78 is 5.66. The SMILES string of the molecule is CC[C@@H](N)[C@@H](C)OCc1ccccc1. The zero-order chi connectivity index (χ0) is 10.4. The maximum Gasteiger partial charge on any atom is 0.0721 e. The predicted octanol–water partition coefficient (Wildman–Crippen LogP) is 2.33. The molecule has 1 aromatic carbocycles. The third-order valence-corrected chi connectivity index (χ3v) is 2.43. The van der Waals surface area contributed by atoms with Crippen LogP contribution in [0.2, 0.25) is 0 Å². The zero-order valence-corrected chi connectivity index (χ0v) is 8.94.